The fourth-order valence-corrected chi connectivity index (χ4v) is 1.49. The molecular formula is C13H20N2O2. The summed E-state index contributed by atoms with van der Waals surface area (Å²) in [6.07, 6.45) is 0. The normalized spacial score (nSPS) is 12.2. The van der Waals surface area contributed by atoms with E-state index in [1.807, 2.05) is 31.2 Å². The van der Waals surface area contributed by atoms with Gasteiger partial charge >= 0.3 is 0 Å². The molecule has 1 amide bonds. The number of likely N-dealkylation sites (N-methyl/N-ethyl adjacent to an activating group) is 1. The number of hydrogen-bond acceptors (Lipinski definition) is 3. The molecule has 0 radical (unpaired) electrons. The van der Waals surface area contributed by atoms with Crippen molar-refractivity contribution in [3.63, 3.8) is 0 Å². The predicted octanol–water partition coefficient (Wildman–Crippen LogP) is 1.10. The second-order valence-electron chi connectivity index (χ2n) is 4.14. The van der Waals surface area contributed by atoms with E-state index in [1.54, 1.807) is 19.1 Å². The highest BCUT2D eigenvalue weighted by atomic mass is 16.5. The Morgan fingerprint density at radius 1 is 1.41 bits per heavy atom. The first-order chi connectivity index (χ1) is 8.06. The summed E-state index contributed by atoms with van der Waals surface area (Å²) in [5.74, 6) is -0.0918. The van der Waals surface area contributed by atoms with Crippen molar-refractivity contribution in [2.45, 2.75) is 13.0 Å². The predicted molar refractivity (Wildman–Crippen MR) is 67.6 cm³/mol. The molecule has 4 heteroatoms. The molecule has 1 rings (SSSR count). The molecule has 94 valence electrons. The van der Waals surface area contributed by atoms with Crippen LogP contribution in [0.1, 0.15) is 17.2 Å². The van der Waals surface area contributed by atoms with E-state index in [-0.39, 0.29) is 5.91 Å². The summed E-state index contributed by atoms with van der Waals surface area (Å²) in [6, 6.07) is 7.09. The number of carbonyl (C=O) groups is 1. The number of nitrogens with zero attached hydrogens (tertiary/aromatic N) is 1. The van der Waals surface area contributed by atoms with Crippen LogP contribution in [0.3, 0.4) is 0 Å². The van der Waals surface area contributed by atoms with Gasteiger partial charge in [0.05, 0.1) is 6.61 Å². The van der Waals surface area contributed by atoms with Crippen LogP contribution in [0.4, 0.5) is 0 Å². The Labute approximate surface area is 102 Å². The number of carbonyl (C=O) groups excluding carboxylic acids is 1. The van der Waals surface area contributed by atoms with Gasteiger partial charge in [-0.25, -0.2) is 0 Å². The van der Waals surface area contributed by atoms with Crippen LogP contribution in [0.25, 0.3) is 0 Å². The third-order valence-corrected chi connectivity index (χ3v) is 2.71. The molecule has 0 aliphatic rings. The molecule has 1 unspecified atom stereocenters. The number of benzene rings is 1. The van der Waals surface area contributed by atoms with Crippen molar-refractivity contribution < 1.29 is 9.53 Å². The maximum atomic E-state index is 12.0. The minimum Gasteiger partial charge on any atom is -0.383 e. The summed E-state index contributed by atoms with van der Waals surface area (Å²) in [5.41, 5.74) is 7.92. The van der Waals surface area contributed by atoms with Crippen LogP contribution in [0, 0.1) is 6.92 Å². The Morgan fingerprint density at radius 3 is 2.53 bits per heavy atom. The lowest BCUT2D eigenvalue weighted by Crippen LogP contribution is -2.37. The van der Waals surface area contributed by atoms with Crippen LogP contribution >= 0.6 is 0 Å². The zero-order valence-electron chi connectivity index (χ0n) is 10.6. The van der Waals surface area contributed by atoms with Crippen LogP contribution < -0.4 is 5.73 Å². The summed E-state index contributed by atoms with van der Waals surface area (Å²) >= 11 is 0. The molecular weight excluding hydrogens is 216 g/mol. The third kappa shape index (κ3) is 3.84. The van der Waals surface area contributed by atoms with Gasteiger partial charge < -0.3 is 15.4 Å². The molecule has 0 spiro atoms. The zero-order valence-corrected chi connectivity index (χ0v) is 10.6. The average molecular weight is 236 g/mol. The highest BCUT2D eigenvalue weighted by Gasteiger charge is 2.19. The Bertz CT molecular complexity index is 362. The first-order valence-corrected chi connectivity index (χ1v) is 5.62. The number of methoxy groups -OCH3 is 1. The van der Waals surface area contributed by atoms with Crippen LogP contribution in [0.15, 0.2) is 24.3 Å². The molecule has 1 atom stereocenters. The van der Waals surface area contributed by atoms with Gasteiger partial charge in [-0.3, -0.25) is 4.79 Å². The van der Waals surface area contributed by atoms with Gasteiger partial charge in [-0.15, -0.1) is 0 Å². The maximum absolute atomic E-state index is 12.0. The topological polar surface area (TPSA) is 55.6 Å². The van der Waals surface area contributed by atoms with Gasteiger partial charge in [-0.1, -0.05) is 29.8 Å². The molecule has 0 bridgehead atoms. The fraction of sp³-hybridized carbons (Fsp3) is 0.462. The second kappa shape index (κ2) is 6.37. The monoisotopic (exact) mass is 236 g/mol. The van der Waals surface area contributed by atoms with Crippen molar-refractivity contribution in [2.75, 3.05) is 27.3 Å². The highest BCUT2D eigenvalue weighted by Crippen LogP contribution is 2.13. The van der Waals surface area contributed by atoms with E-state index < -0.39 is 6.04 Å². The highest BCUT2D eigenvalue weighted by molar-refractivity contribution is 5.82. The lowest BCUT2D eigenvalue weighted by molar-refractivity contribution is -0.132. The van der Waals surface area contributed by atoms with E-state index in [2.05, 4.69) is 0 Å². The molecule has 17 heavy (non-hydrogen) atoms. The number of ether oxygens (including phenoxy) is 1. The van der Waals surface area contributed by atoms with Gasteiger partial charge in [0, 0.05) is 20.7 Å². The number of hydrogen-bond donors (Lipinski definition) is 1. The molecule has 0 aromatic heterocycles. The van der Waals surface area contributed by atoms with Gasteiger partial charge in [0.15, 0.2) is 0 Å². The lowest BCUT2D eigenvalue weighted by atomic mass is 10.1. The molecule has 0 aliphatic heterocycles. The summed E-state index contributed by atoms with van der Waals surface area (Å²) in [5, 5.41) is 0. The number of amides is 1. The van der Waals surface area contributed by atoms with E-state index >= 15 is 0 Å². The molecule has 0 fully saturated rings. The lowest BCUT2D eigenvalue weighted by Gasteiger charge is -2.21. The van der Waals surface area contributed by atoms with Crippen molar-refractivity contribution in [1.82, 2.24) is 4.90 Å². The minimum atomic E-state index is -0.600. The summed E-state index contributed by atoms with van der Waals surface area (Å²) in [6.45, 7) is 3.07. The quantitative estimate of drug-likeness (QED) is 0.833. The summed E-state index contributed by atoms with van der Waals surface area (Å²) < 4.78 is 4.93. The smallest absolute Gasteiger partial charge is 0.243 e. The van der Waals surface area contributed by atoms with Crippen LogP contribution in [-0.4, -0.2) is 38.1 Å². The summed E-state index contributed by atoms with van der Waals surface area (Å²) in [4.78, 5) is 13.6. The average Bonchev–Trinajstić information content (AvgIpc) is 2.35. The summed E-state index contributed by atoms with van der Waals surface area (Å²) in [7, 11) is 3.34. The third-order valence-electron chi connectivity index (χ3n) is 2.71. The maximum Gasteiger partial charge on any atom is 0.243 e. The van der Waals surface area contributed by atoms with Gasteiger partial charge in [0.1, 0.15) is 6.04 Å². The first-order valence-electron chi connectivity index (χ1n) is 5.62. The molecule has 1 aromatic carbocycles. The SMILES string of the molecule is COCCN(C)C(=O)C(N)c1ccc(C)cc1. The number of aryl methyl sites for hydroxylation is 1. The van der Waals surface area contributed by atoms with Crippen LogP contribution in [0.2, 0.25) is 0 Å². The van der Waals surface area contributed by atoms with Crippen LogP contribution in [-0.2, 0) is 9.53 Å². The fourth-order valence-electron chi connectivity index (χ4n) is 1.49. The Hall–Kier alpha value is -1.39. The number of nitrogens with two attached hydrogens (primary N) is 1. The van der Waals surface area contributed by atoms with Gasteiger partial charge in [-0.2, -0.15) is 0 Å². The van der Waals surface area contributed by atoms with Crippen molar-refractivity contribution in [1.29, 1.82) is 0 Å². The van der Waals surface area contributed by atoms with Gasteiger partial charge in [0.2, 0.25) is 5.91 Å². The molecule has 0 saturated carbocycles. The molecule has 0 heterocycles. The van der Waals surface area contributed by atoms with E-state index in [1.165, 1.54) is 0 Å². The van der Waals surface area contributed by atoms with E-state index in [0.717, 1.165) is 11.1 Å². The van der Waals surface area contributed by atoms with E-state index in [0.29, 0.717) is 13.2 Å². The second-order valence-corrected chi connectivity index (χ2v) is 4.14. The van der Waals surface area contributed by atoms with Gasteiger partial charge in [0.25, 0.3) is 0 Å². The Kier molecular flexibility index (Phi) is 5.12. The van der Waals surface area contributed by atoms with Crippen molar-refractivity contribution in [3.8, 4) is 0 Å². The first kappa shape index (κ1) is 13.7. The van der Waals surface area contributed by atoms with Crippen LogP contribution in [0.5, 0.6) is 0 Å². The van der Waals surface area contributed by atoms with E-state index in [4.69, 9.17) is 10.5 Å². The molecule has 4 nitrogen and oxygen atoms in total. The molecule has 0 saturated heterocycles. The zero-order chi connectivity index (χ0) is 12.8. The van der Waals surface area contributed by atoms with Crippen molar-refractivity contribution in [3.05, 3.63) is 35.4 Å². The largest absolute Gasteiger partial charge is 0.383 e. The van der Waals surface area contributed by atoms with Gasteiger partial charge in [-0.05, 0) is 12.5 Å². The Morgan fingerprint density at radius 2 is 2.00 bits per heavy atom. The Balaban J connectivity index is 2.65. The standard InChI is InChI=1S/C13H20N2O2/c1-10-4-6-11(7-5-10)12(14)13(16)15(2)8-9-17-3/h4-7,12H,8-9,14H2,1-3H3. The van der Waals surface area contributed by atoms with Crippen molar-refractivity contribution >= 4 is 5.91 Å². The molecule has 2 N–H and O–H groups in total. The molecule has 0 aliphatic carbocycles. The van der Waals surface area contributed by atoms with Crippen molar-refractivity contribution in [2.24, 2.45) is 5.73 Å². The molecule has 1 aromatic rings. The minimum absolute atomic E-state index is 0.0918. The van der Waals surface area contributed by atoms with E-state index in [9.17, 15) is 4.79 Å². The number of rotatable bonds is 5.